The molecule has 1 unspecified atom stereocenters. The van der Waals surface area contributed by atoms with Crippen molar-refractivity contribution in [1.29, 1.82) is 0 Å². The lowest BCUT2D eigenvalue weighted by molar-refractivity contribution is -0.139. The van der Waals surface area contributed by atoms with Gasteiger partial charge in [-0.05, 0) is 37.3 Å². The first-order valence-corrected chi connectivity index (χ1v) is 6.16. The largest absolute Gasteiger partial charge is 0.480 e. The lowest BCUT2D eigenvalue weighted by Gasteiger charge is -2.11. The molecule has 0 aliphatic heterocycles. The van der Waals surface area contributed by atoms with Crippen molar-refractivity contribution in [3.05, 3.63) is 23.2 Å². The molecular weight excluding hydrogens is 234 g/mol. The van der Waals surface area contributed by atoms with Crippen LogP contribution in [0.5, 0.6) is 0 Å². The van der Waals surface area contributed by atoms with E-state index in [4.69, 9.17) is 9.52 Å². The third-order valence-corrected chi connectivity index (χ3v) is 3.21. The summed E-state index contributed by atoms with van der Waals surface area (Å²) in [6.45, 7) is 3.81. The van der Waals surface area contributed by atoms with Gasteiger partial charge in [-0.2, -0.15) is 0 Å². The molecule has 2 rings (SSSR count). The number of carboxylic acid groups (broad SMARTS) is 1. The number of carboxylic acids is 1. The van der Waals surface area contributed by atoms with Gasteiger partial charge in [-0.25, -0.2) is 4.79 Å². The highest BCUT2D eigenvalue weighted by molar-refractivity contribution is 5.94. The second-order valence-corrected chi connectivity index (χ2v) is 4.70. The van der Waals surface area contributed by atoms with Crippen LogP contribution in [0.15, 0.2) is 10.5 Å². The molecule has 1 aromatic rings. The molecular formula is C13H17NO4. The summed E-state index contributed by atoms with van der Waals surface area (Å²) >= 11 is 0. The lowest BCUT2D eigenvalue weighted by atomic mass is 10.2. The number of carbonyl (C=O) groups excluding carboxylic acids is 1. The standard InChI is InChI=1S/C13H17NO4/c1-3-9-7(2)6-10(18-9)12(15)14-11(13(16)17)8-4-5-8/h6,8,11H,3-5H2,1-2H3,(H,14,15)(H,16,17). The second-order valence-electron chi connectivity index (χ2n) is 4.70. The summed E-state index contributed by atoms with van der Waals surface area (Å²) in [6, 6.07) is 0.855. The van der Waals surface area contributed by atoms with Crippen LogP contribution in [0, 0.1) is 12.8 Å². The number of hydrogen-bond acceptors (Lipinski definition) is 3. The third kappa shape index (κ3) is 2.55. The molecule has 1 aliphatic rings. The molecule has 5 heteroatoms. The average molecular weight is 251 g/mol. The fourth-order valence-electron chi connectivity index (χ4n) is 2.01. The first kappa shape index (κ1) is 12.7. The van der Waals surface area contributed by atoms with E-state index in [-0.39, 0.29) is 11.7 Å². The Morgan fingerprint density at radius 2 is 2.22 bits per heavy atom. The van der Waals surface area contributed by atoms with Crippen LogP contribution >= 0.6 is 0 Å². The number of carbonyl (C=O) groups is 2. The minimum absolute atomic E-state index is 0.0631. The molecule has 5 nitrogen and oxygen atoms in total. The fraction of sp³-hybridized carbons (Fsp3) is 0.538. The average Bonchev–Trinajstić information content (AvgIpc) is 3.08. The minimum atomic E-state index is -0.982. The van der Waals surface area contributed by atoms with Gasteiger partial charge in [0.05, 0.1) is 0 Å². The molecule has 1 aromatic heterocycles. The minimum Gasteiger partial charge on any atom is -0.480 e. The maximum atomic E-state index is 11.9. The van der Waals surface area contributed by atoms with Crippen LogP contribution < -0.4 is 5.32 Å². The zero-order chi connectivity index (χ0) is 13.3. The van der Waals surface area contributed by atoms with Gasteiger partial charge in [-0.15, -0.1) is 0 Å². The van der Waals surface area contributed by atoms with E-state index in [0.717, 1.165) is 24.2 Å². The number of rotatable bonds is 5. The van der Waals surface area contributed by atoms with Crippen molar-refractivity contribution in [3.8, 4) is 0 Å². The maximum absolute atomic E-state index is 11.9. The summed E-state index contributed by atoms with van der Waals surface area (Å²) in [6.07, 6.45) is 2.42. The molecule has 98 valence electrons. The van der Waals surface area contributed by atoms with Crippen molar-refractivity contribution in [2.45, 2.75) is 39.2 Å². The van der Waals surface area contributed by atoms with E-state index >= 15 is 0 Å². The molecule has 1 heterocycles. The van der Waals surface area contributed by atoms with Crippen molar-refractivity contribution in [2.24, 2.45) is 5.92 Å². The van der Waals surface area contributed by atoms with E-state index in [1.54, 1.807) is 6.07 Å². The summed E-state index contributed by atoms with van der Waals surface area (Å²) in [5.74, 6) is -0.412. The monoisotopic (exact) mass is 251 g/mol. The van der Waals surface area contributed by atoms with Gasteiger partial charge in [0.1, 0.15) is 11.8 Å². The SMILES string of the molecule is CCc1oc(C(=O)NC(C(=O)O)C2CC2)cc1C. The first-order valence-electron chi connectivity index (χ1n) is 6.16. The van der Waals surface area contributed by atoms with Gasteiger partial charge in [0, 0.05) is 6.42 Å². The molecule has 1 atom stereocenters. The van der Waals surface area contributed by atoms with Gasteiger partial charge in [0.25, 0.3) is 5.91 Å². The molecule has 0 aromatic carbocycles. The zero-order valence-electron chi connectivity index (χ0n) is 10.5. The van der Waals surface area contributed by atoms with E-state index in [2.05, 4.69) is 5.32 Å². The van der Waals surface area contributed by atoms with Crippen LogP contribution in [0.4, 0.5) is 0 Å². The summed E-state index contributed by atoms with van der Waals surface area (Å²) in [5.41, 5.74) is 0.918. The van der Waals surface area contributed by atoms with Crippen LogP contribution in [0.3, 0.4) is 0 Å². The Balaban J connectivity index is 2.08. The maximum Gasteiger partial charge on any atom is 0.326 e. The number of aryl methyl sites for hydroxylation is 2. The molecule has 1 aliphatic carbocycles. The molecule has 18 heavy (non-hydrogen) atoms. The highest BCUT2D eigenvalue weighted by atomic mass is 16.4. The van der Waals surface area contributed by atoms with Crippen molar-refractivity contribution in [2.75, 3.05) is 0 Å². The Bertz CT molecular complexity index is 473. The first-order chi connectivity index (χ1) is 8.52. The van der Waals surface area contributed by atoms with Gasteiger partial charge < -0.3 is 14.8 Å². The van der Waals surface area contributed by atoms with Crippen molar-refractivity contribution >= 4 is 11.9 Å². The van der Waals surface area contributed by atoms with Crippen LogP contribution in [0.25, 0.3) is 0 Å². The smallest absolute Gasteiger partial charge is 0.326 e. The van der Waals surface area contributed by atoms with E-state index in [9.17, 15) is 9.59 Å². The predicted octanol–water partition coefficient (Wildman–Crippen LogP) is 1.74. The van der Waals surface area contributed by atoms with E-state index in [1.807, 2.05) is 13.8 Å². The summed E-state index contributed by atoms with van der Waals surface area (Å²) in [4.78, 5) is 22.9. The Labute approximate surface area is 105 Å². The Morgan fingerprint density at radius 3 is 2.67 bits per heavy atom. The molecule has 0 bridgehead atoms. The summed E-state index contributed by atoms with van der Waals surface area (Å²) in [5, 5.41) is 11.6. The van der Waals surface area contributed by atoms with Crippen molar-refractivity contribution in [1.82, 2.24) is 5.32 Å². The van der Waals surface area contributed by atoms with Gasteiger partial charge >= 0.3 is 5.97 Å². The van der Waals surface area contributed by atoms with E-state index < -0.39 is 17.9 Å². The summed E-state index contributed by atoms with van der Waals surface area (Å²) in [7, 11) is 0. The Hall–Kier alpha value is -1.78. The Morgan fingerprint density at radius 1 is 1.56 bits per heavy atom. The number of aliphatic carboxylic acids is 1. The highest BCUT2D eigenvalue weighted by Crippen LogP contribution is 2.33. The van der Waals surface area contributed by atoms with Gasteiger partial charge in [0.2, 0.25) is 0 Å². The third-order valence-electron chi connectivity index (χ3n) is 3.21. The predicted molar refractivity (Wildman–Crippen MR) is 64.4 cm³/mol. The van der Waals surface area contributed by atoms with Crippen LogP contribution in [-0.4, -0.2) is 23.0 Å². The molecule has 0 saturated heterocycles. The van der Waals surface area contributed by atoms with Gasteiger partial charge in [-0.1, -0.05) is 6.92 Å². The van der Waals surface area contributed by atoms with Crippen LogP contribution in [0.2, 0.25) is 0 Å². The van der Waals surface area contributed by atoms with Crippen LogP contribution in [0.1, 0.15) is 41.6 Å². The van der Waals surface area contributed by atoms with Crippen molar-refractivity contribution in [3.63, 3.8) is 0 Å². The lowest BCUT2D eigenvalue weighted by Crippen LogP contribution is -2.42. The van der Waals surface area contributed by atoms with Gasteiger partial charge in [0.15, 0.2) is 5.76 Å². The van der Waals surface area contributed by atoms with E-state index in [0.29, 0.717) is 6.42 Å². The number of hydrogen-bond donors (Lipinski definition) is 2. The molecule has 2 N–H and O–H groups in total. The quantitative estimate of drug-likeness (QED) is 0.835. The second kappa shape index (κ2) is 4.84. The number of nitrogens with one attached hydrogen (secondary N) is 1. The van der Waals surface area contributed by atoms with E-state index in [1.165, 1.54) is 0 Å². The molecule has 0 radical (unpaired) electrons. The summed E-state index contributed by atoms with van der Waals surface area (Å²) < 4.78 is 5.40. The normalized spacial score (nSPS) is 16.3. The van der Waals surface area contributed by atoms with Crippen LogP contribution in [-0.2, 0) is 11.2 Å². The zero-order valence-corrected chi connectivity index (χ0v) is 10.5. The van der Waals surface area contributed by atoms with Crippen molar-refractivity contribution < 1.29 is 19.1 Å². The highest BCUT2D eigenvalue weighted by Gasteiger charge is 2.37. The number of amides is 1. The molecule has 1 saturated carbocycles. The van der Waals surface area contributed by atoms with Gasteiger partial charge in [-0.3, -0.25) is 4.79 Å². The number of furan rings is 1. The molecule has 1 fully saturated rings. The molecule has 0 spiro atoms. The topological polar surface area (TPSA) is 79.5 Å². The Kier molecular flexibility index (Phi) is 3.41. The fourth-order valence-corrected chi connectivity index (χ4v) is 2.01. The molecule has 1 amide bonds.